The first kappa shape index (κ1) is 22.9. The first-order valence-corrected chi connectivity index (χ1v) is 11.2. The number of piperidine rings is 1. The summed E-state index contributed by atoms with van der Waals surface area (Å²) in [7, 11) is 0. The number of likely N-dealkylation sites (tertiary alicyclic amines) is 1. The van der Waals surface area contributed by atoms with Gasteiger partial charge in [-0.3, -0.25) is 4.79 Å². The predicted octanol–water partition coefficient (Wildman–Crippen LogP) is 4.88. The number of nitrogens with zero attached hydrogens (tertiary/aromatic N) is 3. The monoisotopic (exact) mass is 469 g/mol. The van der Waals surface area contributed by atoms with Crippen LogP contribution in [0.25, 0.3) is 0 Å². The third kappa shape index (κ3) is 6.87. The first-order valence-electron chi connectivity index (χ1n) is 10.8. The van der Waals surface area contributed by atoms with E-state index < -0.39 is 5.82 Å². The second-order valence-electron chi connectivity index (χ2n) is 7.86. The molecule has 1 aromatic heterocycles. The molecule has 0 aliphatic carbocycles. The summed E-state index contributed by atoms with van der Waals surface area (Å²) >= 11 is 5.85. The van der Waals surface area contributed by atoms with Crippen molar-refractivity contribution in [2.24, 2.45) is 0 Å². The van der Waals surface area contributed by atoms with Crippen molar-refractivity contribution in [2.75, 3.05) is 30.3 Å². The molecule has 4 rings (SSSR count). The van der Waals surface area contributed by atoms with Crippen LogP contribution in [0, 0.1) is 5.82 Å². The summed E-state index contributed by atoms with van der Waals surface area (Å²) in [5.41, 5.74) is 0.636. The number of aromatic nitrogens is 2. The Morgan fingerprint density at radius 2 is 1.97 bits per heavy atom. The number of hydrogen-bond donors (Lipinski definition) is 2. The number of hydrogen-bond acceptors (Lipinski definition) is 7. The third-order valence-corrected chi connectivity index (χ3v) is 5.61. The molecule has 0 spiro atoms. The van der Waals surface area contributed by atoms with Crippen molar-refractivity contribution in [1.29, 1.82) is 0 Å². The third-order valence-electron chi connectivity index (χ3n) is 5.32. The number of ether oxygens (including phenoxy) is 1. The zero-order chi connectivity index (χ0) is 23.0. The maximum Gasteiger partial charge on any atom is 0.312 e. The molecule has 0 radical (unpaired) electrons. The molecule has 1 atom stereocenters. The van der Waals surface area contributed by atoms with E-state index in [9.17, 15) is 9.18 Å². The summed E-state index contributed by atoms with van der Waals surface area (Å²) in [6.07, 6.45) is 3.83. The SMILES string of the molecule is O=C(CCN1CCCC(Nc2cc(Nc3ccc(F)c(Cl)c3)ncn2)C1)Oc1ccccc1. The fraction of sp³-hybridized carbons (Fsp3) is 0.292. The van der Waals surface area contributed by atoms with E-state index in [-0.39, 0.29) is 17.0 Å². The number of halogens is 2. The zero-order valence-corrected chi connectivity index (χ0v) is 18.8. The van der Waals surface area contributed by atoms with E-state index in [0.29, 0.717) is 36.0 Å². The Hall–Kier alpha value is -3.23. The van der Waals surface area contributed by atoms with Gasteiger partial charge in [0.25, 0.3) is 0 Å². The summed E-state index contributed by atoms with van der Waals surface area (Å²) in [5.74, 6) is 1.13. The van der Waals surface area contributed by atoms with E-state index in [0.717, 1.165) is 25.9 Å². The molecule has 172 valence electrons. The fourth-order valence-corrected chi connectivity index (χ4v) is 3.91. The highest BCUT2D eigenvalue weighted by Crippen LogP contribution is 2.23. The van der Waals surface area contributed by atoms with Gasteiger partial charge in [0.05, 0.1) is 11.4 Å². The van der Waals surface area contributed by atoms with Gasteiger partial charge in [-0.1, -0.05) is 29.8 Å². The van der Waals surface area contributed by atoms with Crippen LogP contribution in [0.2, 0.25) is 5.02 Å². The average Bonchev–Trinajstić information content (AvgIpc) is 2.81. The molecule has 0 bridgehead atoms. The quantitative estimate of drug-likeness (QED) is 0.359. The number of carbonyl (C=O) groups is 1. The first-order chi connectivity index (χ1) is 16.0. The van der Waals surface area contributed by atoms with Crippen molar-refractivity contribution in [2.45, 2.75) is 25.3 Å². The number of nitrogens with one attached hydrogen (secondary N) is 2. The summed E-state index contributed by atoms with van der Waals surface area (Å²) in [4.78, 5) is 22.9. The molecular formula is C24H25ClFN5O2. The normalized spacial score (nSPS) is 16.2. The summed E-state index contributed by atoms with van der Waals surface area (Å²) in [6.45, 7) is 2.39. The van der Waals surface area contributed by atoms with E-state index >= 15 is 0 Å². The number of benzene rings is 2. The van der Waals surface area contributed by atoms with Crippen molar-refractivity contribution < 1.29 is 13.9 Å². The molecule has 9 heteroatoms. The maximum absolute atomic E-state index is 13.4. The minimum Gasteiger partial charge on any atom is -0.426 e. The van der Waals surface area contributed by atoms with Gasteiger partial charge >= 0.3 is 5.97 Å². The van der Waals surface area contributed by atoms with Crippen LogP contribution in [0.4, 0.5) is 21.7 Å². The molecule has 0 saturated carbocycles. The Morgan fingerprint density at radius 1 is 1.15 bits per heavy atom. The van der Waals surface area contributed by atoms with Gasteiger partial charge in [-0.05, 0) is 49.7 Å². The summed E-state index contributed by atoms with van der Waals surface area (Å²) in [5, 5.41) is 6.60. The molecule has 1 saturated heterocycles. The van der Waals surface area contributed by atoms with Gasteiger partial charge in [-0.25, -0.2) is 14.4 Å². The number of esters is 1. The van der Waals surface area contributed by atoms with Crippen molar-refractivity contribution in [3.05, 3.63) is 71.8 Å². The molecule has 7 nitrogen and oxygen atoms in total. The van der Waals surface area contributed by atoms with Crippen LogP contribution in [0.15, 0.2) is 60.9 Å². The predicted molar refractivity (Wildman–Crippen MR) is 127 cm³/mol. The summed E-state index contributed by atoms with van der Waals surface area (Å²) < 4.78 is 18.7. The Balaban J connectivity index is 1.27. The molecule has 2 N–H and O–H groups in total. The summed E-state index contributed by atoms with van der Waals surface area (Å²) in [6, 6.07) is 15.5. The van der Waals surface area contributed by atoms with Crippen LogP contribution in [0.3, 0.4) is 0 Å². The average molecular weight is 470 g/mol. The lowest BCUT2D eigenvalue weighted by atomic mass is 10.1. The van der Waals surface area contributed by atoms with E-state index in [1.54, 1.807) is 24.3 Å². The van der Waals surface area contributed by atoms with Crippen molar-refractivity contribution in [3.63, 3.8) is 0 Å². The Kier molecular flexibility index (Phi) is 7.70. The van der Waals surface area contributed by atoms with Crippen LogP contribution in [-0.4, -0.2) is 46.5 Å². The molecular weight excluding hydrogens is 445 g/mol. The molecule has 33 heavy (non-hydrogen) atoms. The van der Waals surface area contributed by atoms with E-state index in [4.69, 9.17) is 16.3 Å². The van der Waals surface area contributed by atoms with Gasteiger partial charge in [0.2, 0.25) is 0 Å². The standard InChI is InChI=1S/C24H25ClFN5O2/c25-20-13-17(8-9-21(20)26)29-22-14-23(28-16-27-22)30-18-5-4-11-31(15-18)12-10-24(32)33-19-6-2-1-3-7-19/h1-3,6-9,13-14,16,18H,4-5,10-12,15H2,(H2,27,28,29,30). The largest absolute Gasteiger partial charge is 0.426 e. The van der Waals surface area contributed by atoms with E-state index in [2.05, 4.69) is 25.5 Å². The second-order valence-corrected chi connectivity index (χ2v) is 8.27. The highest BCUT2D eigenvalue weighted by atomic mass is 35.5. The van der Waals surface area contributed by atoms with Gasteiger partial charge < -0.3 is 20.3 Å². The number of carbonyl (C=O) groups excluding carboxylic acids is 1. The molecule has 1 aliphatic heterocycles. The topological polar surface area (TPSA) is 79.4 Å². The number of rotatable bonds is 8. The number of para-hydroxylation sites is 1. The lowest BCUT2D eigenvalue weighted by Gasteiger charge is -2.33. The van der Waals surface area contributed by atoms with Gasteiger partial charge in [-0.2, -0.15) is 0 Å². The van der Waals surface area contributed by atoms with Crippen molar-refractivity contribution in [1.82, 2.24) is 14.9 Å². The lowest BCUT2D eigenvalue weighted by Crippen LogP contribution is -2.43. The van der Waals surface area contributed by atoms with Crippen LogP contribution in [-0.2, 0) is 4.79 Å². The fourth-order valence-electron chi connectivity index (χ4n) is 3.73. The smallest absolute Gasteiger partial charge is 0.312 e. The van der Waals surface area contributed by atoms with E-state index in [1.165, 1.54) is 18.5 Å². The van der Waals surface area contributed by atoms with Crippen molar-refractivity contribution >= 4 is 34.9 Å². The zero-order valence-electron chi connectivity index (χ0n) is 18.0. The van der Waals surface area contributed by atoms with Crippen molar-refractivity contribution in [3.8, 4) is 5.75 Å². The highest BCUT2D eigenvalue weighted by molar-refractivity contribution is 6.31. The molecule has 1 aliphatic rings. The molecule has 1 fully saturated rings. The molecule has 2 aromatic carbocycles. The van der Waals surface area contributed by atoms with Gasteiger partial charge in [-0.15, -0.1) is 0 Å². The molecule has 1 unspecified atom stereocenters. The minimum absolute atomic E-state index is 0.0438. The minimum atomic E-state index is -0.470. The Morgan fingerprint density at radius 3 is 2.79 bits per heavy atom. The highest BCUT2D eigenvalue weighted by Gasteiger charge is 2.21. The van der Waals surface area contributed by atoms with Crippen LogP contribution < -0.4 is 15.4 Å². The molecule has 2 heterocycles. The van der Waals surface area contributed by atoms with Gasteiger partial charge in [0.15, 0.2) is 0 Å². The Bertz CT molecular complexity index is 1090. The maximum atomic E-state index is 13.4. The van der Waals surface area contributed by atoms with Crippen LogP contribution >= 0.6 is 11.6 Å². The molecule has 3 aromatic rings. The van der Waals surface area contributed by atoms with Gasteiger partial charge in [0.1, 0.15) is 29.5 Å². The lowest BCUT2D eigenvalue weighted by molar-refractivity contribution is -0.134. The number of anilines is 3. The van der Waals surface area contributed by atoms with Crippen LogP contribution in [0.1, 0.15) is 19.3 Å². The molecule has 0 amide bonds. The van der Waals surface area contributed by atoms with Gasteiger partial charge in [0, 0.05) is 30.9 Å². The Labute approximate surface area is 197 Å². The second kappa shape index (κ2) is 11.1. The van der Waals surface area contributed by atoms with E-state index in [1.807, 2.05) is 18.2 Å². The van der Waals surface area contributed by atoms with Crippen LogP contribution in [0.5, 0.6) is 5.75 Å².